The Balaban J connectivity index is 1.90. The smallest absolute Gasteiger partial charge is 0.319 e. The lowest BCUT2D eigenvalue weighted by molar-refractivity contribution is -0.142. The molecule has 6 heteroatoms. The first-order chi connectivity index (χ1) is 10.4. The van der Waals surface area contributed by atoms with Crippen molar-refractivity contribution in [2.24, 2.45) is 5.92 Å². The van der Waals surface area contributed by atoms with Gasteiger partial charge >= 0.3 is 12.0 Å². The van der Waals surface area contributed by atoms with Crippen LogP contribution >= 0.6 is 15.9 Å². The van der Waals surface area contributed by atoms with Gasteiger partial charge in [-0.1, -0.05) is 15.9 Å². The van der Waals surface area contributed by atoms with E-state index in [2.05, 4.69) is 26.6 Å². The fourth-order valence-electron chi connectivity index (χ4n) is 2.93. The molecule has 0 bridgehead atoms. The maximum atomic E-state index is 12.1. The summed E-state index contributed by atoms with van der Waals surface area (Å²) in [6.07, 6.45) is 2.67. The zero-order valence-electron chi connectivity index (χ0n) is 12.8. The van der Waals surface area contributed by atoms with Crippen LogP contribution in [-0.4, -0.2) is 23.1 Å². The van der Waals surface area contributed by atoms with Crippen LogP contribution in [0, 0.1) is 19.8 Å². The average molecular weight is 369 g/mol. The monoisotopic (exact) mass is 368 g/mol. The Morgan fingerprint density at radius 2 is 1.68 bits per heavy atom. The summed E-state index contributed by atoms with van der Waals surface area (Å²) in [7, 11) is 0. The quantitative estimate of drug-likeness (QED) is 0.758. The number of amides is 2. The second-order valence-electron chi connectivity index (χ2n) is 5.90. The zero-order chi connectivity index (χ0) is 16.3. The average Bonchev–Trinajstić information content (AvgIpc) is 2.43. The van der Waals surface area contributed by atoms with Gasteiger partial charge in [-0.3, -0.25) is 4.79 Å². The third-order valence-corrected chi connectivity index (χ3v) is 4.61. The van der Waals surface area contributed by atoms with Crippen LogP contribution in [-0.2, 0) is 4.79 Å². The highest BCUT2D eigenvalue weighted by Crippen LogP contribution is 2.26. The van der Waals surface area contributed by atoms with E-state index in [1.54, 1.807) is 0 Å². The number of aliphatic carboxylic acids is 1. The standard InChI is InChI=1S/C16H21BrN2O3/c1-9-7-12(17)8-10(2)14(9)19-16(22)18-13-5-3-11(4-6-13)15(20)21/h7-8,11,13H,3-6H2,1-2H3,(H,20,21)(H2,18,19,22). The molecule has 1 aliphatic carbocycles. The Morgan fingerprint density at radius 1 is 1.14 bits per heavy atom. The molecule has 0 aromatic heterocycles. The van der Waals surface area contributed by atoms with Gasteiger partial charge in [-0.15, -0.1) is 0 Å². The Labute approximate surface area is 138 Å². The maximum Gasteiger partial charge on any atom is 0.319 e. The first-order valence-corrected chi connectivity index (χ1v) is 8.23. The third kappa shape index (κ3) is 4.22. The molecule has 0 saturated heterocycles. The lowest BCUT2D eigenvalue weighted by Gasteiger charge is -2.27. The van der Waals surface area contributed by atoms with Gasteiger partial charge in [0.25, 0.3) is 0 Å². The highest BCUT2D eigenvalue weighted by atomic mass is 79.9. The number of benzene rings is 1. The molecule has 1 saturated carbocycles. The fraction of sp³-hybridized carbons (Fsp3) is 0.500. The van der Waals surface area contributed by atoms with Crippen LogP contribution in [0.15, 0.2) is 16.6 Å². The summed E-state index contributed by atoms with van der Waals surface area (Å²) in [5.74, 6) is -0.999. The van der Waals surface area contributed by atoms with Gasteiger partial charge in [0.1, 0.15) is 0 Å². The molecule has 0 radical (unpaired) electrons. The Bertz CT molecular complexity index is 558. The van der Waals surface area contributed by atoms with E-state index in [1.807, 2.05) is 26.0 Å². The summed E-state index contributed by atoms with van der Waals surface area (Å²) in [4.78, 5) is 23.1. The van der Waals surface area contributed by atoms with Gasteiger partial charge in [-0.05, 0) is 62.8 Å². The van der Waals surface area contributed by atoms with Crippen molar-refractivity contribution in [1.29, 1.82) is 0 Å². The van der Waals surface area contributed by atoms with E-state index in [0.29, 0.717) is 25.7 Å². The molecule has 3 N–H and O–H groups in total. The molecule has 1 aromatic rings. The molecule has 0 heterocycles. The zero-order valence-corrected chi connectivity index (χ0v) is 14.4. The minimum atomic E-state index is -0.732. The first kappa shape index (κ1) is 16.8. The largest absolute Gasteiger partial charge is 0.481 e. The molecule has 22 heavy (non-hydrogen) atoms. The van der Waals surface area contributed by atoms with Crippen molar-refractivity contribution < 1.29 is 14.7 Å². The summed E-state index contributed by atoms with van der Waals surface area (Å²) < 4.78 is 0.987. The van der Waals surface area contributed by atoms with Crippen LogP contribution in [0.5, 0.6) is 0 Å². The summed E-state index contributed by atoms with van der Waals surface area (Å²) in [6, 6.07) is 3.74. The highest BCUT2D eigenvalue weighted by Gasteiger charge is 2.26. The normalized spacial score (nSPS) is 21.2. The number of halogens is 1. The number of carboxylic acids is 1. The molecule has 0 spiro atoms. The van der Waals surface area contributed by atoms with Crippen molar-refractivity contribution in [3.05, 3.63) is 27.7 Å². The summed E-state index contributed by atoms with van der Waals surface area (Å²) in [5.41, 5.74) is 2.81. The van der Waals surface area contributed by atoms with Crippen molar-refractivity contribution in [3.63, 3.8) is 0 Å². The third-order valence-electron chi connectivity index (χ3n) is 4.15. The van der Waals surface area contributed by atoms with E-state index in [-0.39, 0.29) is 18.0 Å². The van der Waals surface area contributed by atoms with E-state index >= 15 is 0 Å². The number of carboxylic acid groups (broad SMARTS) is 1. The molecule has 1 aliphatic rings. The summed E-state index contributed by atoms with van der Waals surface area (Å²) in [6.45, 7) is 3.90. The Kier molecular flexibility index (Phi) is 5.45. The number of anilines is 1. The molecule has 0 unspecified atom stereocenters. The molecule has 0 aliphatic heterocycles. The van der Waals surface area contributed by atoms with Crippen LogP contribution in [0.2, 0.25) is 0 Å². The number of aryl methyl sites for hydroxylation is 2. The number of hydrogen-bond donors (Lipinski definition) is 3. The van der Waals surface area contributed by atoms with E-state index in [1.165, 1.54) is 0 Å². The molecule has 1 aromatic carbocycles. The van der Waals surface area contributed by atoms with Crippen molar-refractivity contribution in [1.82, 2.24) is 5.32 Å². The van der Waals surface area contributed by atoms with Crippen molar-refractivity contribution in [2.45, 2.75) is 45.6 Å². The lowest BCUT2D eigenvalue weighted by Crippen LogP contribution is -2.41. The van der Waals surface area contributed by atoms with Gasteiger partial charge < -0.3 is 15.7 Å². The molecule has 120 valence electrons. The second kappa shape index (κ2) is 7.13. The van der Waals surface area contributed by atoms with E-state index in [9.17, 15) is 9.59 Å². The summed E-state index contributed by atoms with van der Waals surface area (Å²) in [5, 5.41) is 14.8. The van der Waals surface area contributed by atoms with Crippen LogP contribution in [0.25, 0.3) is 0 Å². The molecular formula is C16H21BrN2O3. The topological polar surface area (TPSA) is 78.4 Å². The van der Waals surface area contributed by atoms with Gasteiger partial charge in [0, 0.05) is 16.2 Å². The predicted molar refractivity (Wildman–Crippen MR) is 89.2 cm³/mol. The lowest BCUT2D eigenvalue weighted by atomic mass is 9.86. The molecule has 1 fully saturated rings. The Morgan fingerprint density at radius 3 is 2.18 bits per heavy atom. The minimum Gasteiger partial charge on any atom is -0.481 e. The van der Waals surface area contributed by atoms with Crippen LogP contribution in [0.1, 0.15) is 36.8 Å². The van der Waals surface area contributed by atoms with Gasteiger partial charge in [0.2, 0.25) is 0 Å². The highest BCUT2D eigenvalue weighted by molar-refractivity contribution is 9.10. The number of carbonyl (C=O) groups excluding carboxylic acids is 1. The van der Waals surface area contributed by atoms with E-state index in [4.69, 9.17) is 5.11 Å². The van der Waals surface area contributed by atoms with Crippen molar-refractivity contribution >= 4 is 33.6 Å². The SMILES string of the molecule is Cc1cc(Br)cc(C)c1NC(=O)NC1CCC(C(=O)O)CC1. The van der Waals surface area contributed by atoms with E-state index in [0.717, 1.165) is 21.3 Å². The number of hydrogen-bond acceptors (Lipinski definition) is 2. The molecule has 5 nitrogen and oxygen atoms in total. The number of carbonyl (C=O) groups is 2. The molecule has 0 atom stereocenters. The first-order valence-electron chi connectivity index (χ1n) is 7.44. The predicted octanol–water partition coefficient (Wildman–Crippen LogP) is 3.83. The van der Waals surface area contributed by atoms with Crippen LogP contribution < -0.4 is 10.6 Å². The van der Waals surface area contributed by atoms with Crippen LogP contribution in [0.3, 0.4) is 0 Å². The van der Waals surface area contributed by atoms with Gasteiger partial charge in [0.05, 0.1) is 5.92 Å². The second-order valence-corrected chi connectivity index (χ2v) is 6.82. The molecule has 2 amide bonds. The van der Waals surface area contributed by atoms with Gasteiger partial charge in [0.15, 0.2) is 0 Å². The van der Waals surface area contributed by atoms with Gasteiger partial charge in [-0.2, -0.15) is 0 Å². The Hall–Kier alpha value is -1.56. The van der Waals surface area contributed by atoms with Gasteiger partial charge in [-0.25, -0.2) is 4.79 Å². The molecule has 2 rings (SSSR count). The number of nitrogens with one attached hydrogen (secondary N) is 2. The van der Waals surface area contributed by atoms with Crippen molar-refractivity contribution in [2.75, 3.05) is 5.32 Å². The van der Waals surface area contributed by atoms with Crippen molar-refractivity contribution in [3.8, 4) is 0 Å². The molecular weight excluding hydrogens is 348 g/mol. The van der Waals surface area contributed by atoms with E-state index < -0.39 is 5.97 Å². The fourth-order valence-corrected chi connectivity index (χ4v) is 3.61. The number of rotatable bonds is 3. The maximum absolute atomic E-state index is 12.1. The van der Waals surface area contributed by atoms with Crippen LogP contribution in [0.4, 0.5) is 10.5 Å². The minimum absolute atomic E-state index is 0.0478. The number of urea groups is 1. The summed E-state index contributed by atoms with van der Waals surface area (Å²) >= 11 is 3.43.